The van der Waals surface area contributed by atoms with Crippen LogP contribution in [0.25, 0.3) is 0 Å². The van der Waals surface area contributed by atoms with Crippen molar-refractivity contribution in [3.05, 3.63) is 35.9 Å². The van der Waals surface area contributed by atoms with E-state index in [1.54, 1.807) is 13.8 Å². The van der Waals surface area contributed by atoms with Gasteiger partial charge in [0.05, 0.1) is 27.2 Å². The van der Waals surface area contributed by atoms with Crippen molar-refractivity contribution in [2.24, 2.45) is 5.41 Å². The highest BCUT2D eigenvalue weighted by molar-refractivity contribution is 7.51. The topological polar surface area (TPSA) is 129 Å². The number of benzene rings is 1. The summed E-state index contributed by atoms with van der Waals surface area (Å²) < 4.78 is 33.6. The van der Waals surface area contributed by atoms with Gasteiger partial charge < -0.3 is 14.8 Å². The summed E-state index contributed by atoms with van der Waals surface area (Å²) in [6.45, 7) is 3.44. The fourth-order valence-electron chi connectivity index (χ4n) is 2.96. The number of hydrogen-bond acceptors (Lipinski definition) is 8. The van der Waals surface area contributed by atoms with E-state index in [9.17, 15) is 18.9 Å². The van der Waals surface area contributed by atoms with Gasteiger partial charge in [0.1, 0.15) is 6.04 Å². The highest BCUT2D eigenvalue weighted by Gasteiger charge is 2.49. The molecule has 1 fully saturated rings. The van der Waals surface area contributed by atoms with E-state index in [1.165, 1.54) is 14.2 Å². The Hall–Kier alpha value is -2.26. The van der Waals surface area contributed by atoms with Crippen LogP contribution < -0.4 is 10.4 Å². The predicted molar refractivity (Wildman–Crippen MR) is 111 cm³/mol. The van der Waals surface area contributed by atoms with Crippen molar-refractivity contribution in [2.45, 2.75) is 38.8 Å². The summed E-state index contributed by atoms with van der Waals surface area (Å²) in [5.74, 6) is -1.66. The molecular weight excluding hydrogens is 427 g/mol. The van der Waals surface area contributed by atoms with E-state index in [2.05, 4.69) is 15.1 Å². The summed E-state index contributed by atoms with van der Waals surface area (Å²) >= 11 is 0. The first kappa shape index (κ1) is 25.0. The first-order valence-electron chi connectivity index (χ1n) is 9.77. The molecule has 3 atom stereocenters. The van der Waals surface area contributed by atoms with E-state index in [-0.39, 0.29) is 26.0 Å². The van der Waals surface area contributed by atoms with Crippen LogP contribution in [0.2, 0.25) is 0 Å². The molecule has 0 radical (unpaired) electrons. The van der Waals surface area contributed by atoms with Crippen LogP contribution in [-0.2, 0) is 43.9 Å². The molecule has 11 heteroatoms. The Kier molecular flexibility index (Phi) is 8.76. The minimum Gasteiger partial charge on any atom is -0.469 e. The zero-order valence-electron chi connectivity index (χ0n) is 18.1. The molecule has 0 spiro atoms. The molecule has 172 valence electrons. The molecule has 1 aliphatic rings. The molecule has 1 aromatic carbocycles. The molecule has 0 aromatic heterocycles. The lowest BCUT2D eigenvalue weighted by Crippen LogP contribution is -2.52. The van der Waals surface area contributed by atoms with E-state index in [4.69, 9.17) is 13.8 Å². The van der Waals surface area contributed by atoms with Gasteiger partial charge in [0, 0.05) is 12.0 Å². The predicted octanol–water partition coefficient (Wildman–Crippen LogP) is 1.59. The van der Waals surface area contributed by atoms with Crippen molar-refractivity contribution in [1.29, 1.82) is 0 Å². The minimum atomic E-state index is -4.02. The van der Waals surface area contributed by atoms with Crippen molar-refractivity contribution in [2.75, 3.05) is 27.4 Å². The number of carbonyl (C=O) groups is 3. The molecule has 1 amide bonds. The lowest BCUT2D eigenvalue weighted by Gasteiger charge is -2.40. The SMILES string of the molecule is COC(=O)CCNC(=O)[C@@H]1OP(=O)(N[C@@H](Cc2ccccc2)C(=O)OC)OCC1(C)C. The van der Waals surface area contributed by atoms with Gasteiger partial charge in [-0.3, -0.25) is 23.4 Å². The smallest absolute Gasteiger partial charge is 0.407 e. The third kappa shape index (κ3) is 7.14. The van der Waals surface area contributed by atoms with Crippen molar-refractivity contribution < 1.29 is 37.5 Å². The Morgan fingerprint density at radius 1 is 1.19 bits per heavy atom. The zero-order chi connectivity index (χ0) is 23.1. The molecule has 1 aliphatic heterocycles. The Morgan fingerprint density at radius 2 is 1.87 bits per heavy atom. The van der Waals surface area contributed by atoms with Gasteiger partial charge in [-0.2, -0.15) is 0 Å². The summed E-state index contributed by atoms with van der Waals surface area (Å²) in [7, 11) is -1.55. The summed E-state index contributed by atoms with van der Waals surface area (Å²) in [6.07, 6.45) is -0.959. The highest BCUT2D eigenvalue weighted by atomic mass is 31.2. The van der Waals surface area contributed by atoms with Crippen LogP contribution in [0.4, 0.5) is 0 Å². The largest absolute Gasteiger partial charge is 0.469 e. The second kappa shape index (κ2) is 10.9. The molecule has 0 aliphatic carbocycles. The van der Waals surface area contributed by atoms with Gasteiger partial charge in [-0.25, -0.2) is 9.65 Å². The van der Waals surface area contributed by atoms with E-state index in [0.29, 0.717) is 0 Å². The molecule has 1 heterocycles. The molecule has 2 rings (SSSR count). The van der Waals surface area contributed by atoms with Crippen LogP contribution in [0.1, 0.15) is 25.8 Å². The van der Waals surface area contributed by atoms with E-state index in [0.717, 1.165) is 5.56 Å². The van der Waals surface area contributed by atoms with Crippen LogP contribution in [0, 0.1) is 5.41 Å². The molecule has 1 saturated heterocycles. The van der Waals surface area contributed by atoms with E-state index < -0.39 is 43.2 Å². The Bertz CT molecular complexity index is 830. The number of amides is 1. The zero-order valence-corrected chi connectivity index (χ0v) is 19.0. The van der Waals surface area contributed by atoms with Crippen molar-refractivity contribution in [3.8, 4) is 0 Å². The van der Waals surface area contributed by atoms with Gasteiger partial charge in [-0.15, -0.1) is 0 Å². The van der Waals surface area contributed by atoms with Crippen molar-refractivity contribution >= 4 is 25.6 Å². The highest BCUT2D eigenvalue weighted by Crippen LogP contribution is 2.53. The summed E-state index contributed by atoms with van der Waals surface area (Å²) in [6, 6.07) is 8.09. The van der Waals surface area contributed by atoms with Crippen LogP contribution in [0.15, 0.2) is 30.3 Å². The molecule has 1 unspecified atom stereocenters. The normalized spacial score (nSPS) is 23.4. The van der Waals surface area contributed by atoms with Crippen LogP contribution >= 0.6 is 7.75 Å². The van der Waals surface area contributed by atoms with Gasteiger partial charge in [-0.1, -0.05) is 44.2 Å². The number of carbonyl (C=O) groups excluding carboxylic acids is 3. The Labute approximate surface area is 181 Å². The van der Waals surface area contributed by atoms with Gasteiger partial charge >= 0.3 is 19.7 Å². The second-order valence-corrected chi connectivity index (χ2v) is 9.48. The molecule has 1 aromatic rings. The monoisotopic (exact) mass is 456 g/mol. The average molecular weight is 456 g/mol. The Balaban J connectivity index is 2.11. The first-order valence-corrected chi connectivity index (χ1v) is 11.3. The first-order chi connectivity index (χ1) is 14.6. The molecule has 0 bridgehead atoms. The molecule has 31 heavy (non-hydrogen) atoms. The number of rotatable bonds is 9. The maximum Gasteiger partial charge on any atom is 0.407 e. The van der Waals surface area contributed by atoms with E-state index in [1.807, 2.05) is 30.3 Å². The van der Waals surface area contributed by atoms with Gasteiger partial charge in [0.2, 0.25) is 5.91 Å². The maximum absolute atomic E-state index is 13.3. The van der Waals surface area contributed by atoms with Gasteiger partial charge in [-0.05, 0) is 12.0 Å². The second-order valence-electron chi connectivity index (χ2n) is 7.76. The number of nitrogens with one attached hydrogen (secondary N) is 2. The van der Waals surface area contributed by atoms with Crippen LogP contribution in [0.5, 0.6) is 0 Å². The number of ether oxygens (including phenoxy) is 2. The van der Waals surface area contributed by atoms with E-state index >= 15 is 0 Å². The lowest BCUT2D eigenvalue weighted by atomic mass is 9.87. The van der Waals surface area contributed by atoms with Crippen molar-refractivity contribution in [3.63, 3.8) is 0 Å². The third-order valence-corrected chi connectivity index (χ3v) is 6.32. The van der Waals surface area contributed by atoms with Crippen LogP contribution in [-0.4, -0.2) is 57.4 Å². The fraction of sp³-hybridized carbons (Fsp3) is 0.550. The number of esters is 2. The number of hydrogen-bond donors (Lipinski definition) is 2. The van der Waals surface area contributed by atoms with Gasteiger partial charge in [0.25, 0.3) is 0 Å². The molecule has 2 N–H and O–H groups in total. The molecular formula is C20H29N2O8P. The standard InChI is InChI=1S/C20H29N2O8P/c1-20(2)13-29-31(26,30-17(20)18(24)21-11-10-16(23)27-3)22-15(19(25)28-4)12-14-8-6-5-7-9-14/h5-9,15,17H,10-13H2,1-4H3,(H,21,24)(H,22,26)/t15-,17-,31?/m0/s1. The number of methoxy groups -OCH3 is 2. The Morgan fingerprint density at radius 3 is 2.48 bits per heavy atom. The third-order valence-electron chi connectivity index (χ3n) is 4.74. The summed E-state index contributed by atoms with van der Waals surface area (Å²) in [4.78, 5) is 36.2. The summed E-state index contributed by atoms with van der Waals surface area (Å²) in [5.41, 5.74) is 0.0111. The fourth-order valence-corrected chi connectivity index (χ4v) is 4.89. The lowest BCUT2D eigenvalue weighted by molar-refractivity contribution is -0.143. The average Bonchev–Trinajstić information content (AvgIpc) is 2.75. The molecule has 10 nitrogen and oxygen atoms in total. The maximum atomic E-state index is 13.3. The quantitative estimate of drug-likeness (QED) is 0.420. The van der Waals surface area contributed by atoms with Crippen molar-refractivity contribution in [1.82, 2.24) is 10.4 Å². The summed E-state index contributed by atoms with van der Waals surface area (Å²) in [5, 5.41) is 5.20. The van der Waals surface area contributed by atoms with Crippen LogP contribution in [0.3, 0.4) is 0 Å². The molecule has 0 saturated carbocycles. The minimum absolute atomic E-state index is 0.0106. The van der Waals surface area contributed by atoms with Gasteiger partial charge in [0.15, 0.2) is 6.10 Å².